The lowest BCUT2D eigenvalue weighted by Crippen LogP contribution is -2.31. The zero-order chi connectivity index (χ0) is 12.7. The van der Waals surface area contributed by atoms with Crippen LogP contribution in [0.3, 0.4) is 0 Å². The van der Waals surface area contributed by atoms with Crippen molar-refractivity contribution in [3.63, 3.8) is 0 Å². The Hall–Kier alpha value is -1.92. The predicted molar refractivity (Wildman–Crippen MR) is 61.4 cm³/mol. The average Bonchev–Trinajstić information content (AvgIpc) is 2.29. The molecule has 1 aromatic heterocycles. The summed E-state index contributed by atoms with van der Waals surface area (Å²) in [5.41, 5.74) is -0.715. The summed E-state index contributed by atoms with van der Waals surface area (Å²) in [5, 5.41) is 4.76. The molecule has 17 heavy (non-hydrogen) atoms. The standard InChI is InChI=1S/C10H15FN4O2/c1-2-3-4-5-12-9(16)14-8-7(11)6-13-10(17)15-8/h6H,2-5H2,1H3,(H3,12,13,14,15,16,17). The Morgan fingerprint density at radius 1 is 1.53 bits per heavy atom. The fourth-order valence-corrected chi connectivity index (χ4v) is 1.20. The molecule has 0 aliphatic rings. The molecule has 0 spiro atoms. The molecule has 0 saturated heterocycles. The maximum atomic E-state index is 13.1. The van der Waals surface area contributed by atoms with Gasteiger partial charge in [0.25, 0.3) is 0 Å². The maximum Gasteiger partial charge on any atom is 0.346 e. The van der Waals surface area contributed by atoms with Crippen LogP contribution in [0.2, 0.25) is 0 Å². The predicted octanol–water partition coefficient (Wildman–Crippen LogP) is 1.22. The van der Waals surface area contributed by atoms with Gasteiger partial charge in [-0.25, -0.2) is 14.0 Å². The highest BCUT2D eigenvalue weighted by Crippen LogP contribution is 2.04. The normalized spacial score (nSPS) is 10.0. The zero-order valence-electron chi connectivity index (χ0n) is 9.55. The zero-order valence-corrected chi connectivity index (χ0v) is 9.55. The molecule has 1 heterocycles. The van der Waals surface area contributed by atoms with Crippen LogP contribution in [0.25, 0.3) is 0 Å². The van der Waals surface area contributed by atoms with Gasteiger partial charge >= 0.3 is 11.7 Å². The van der Waals surface area contributed by atoms with Crippen LogP contribution >= 0.6 is 0 Å². The Balaban J connectivity index is 2.45. The van der Waals surface area contributed by atoms with Gasteiger partial charge in [-0.2, -0.15) is 4.98 Å². The van der Waals surface area contributed by atoms with E-state index in [2.05, 4.69) is 27.5 Å². The van der Waals surface area contributed by atoms with Crippen molar-refractivity contribution in [2.45, 2.75) is 26.2 Å². The Kier molecular flexibility index (Phi) is 5.12. The van der Waals surface area contributed by atoms with Gasteiger partial charge in [0.1, 0.15) is 0 Å². The molecule has 2 amide bonds. The molecule has 0 bridgehead atoms. The van der Waals surface area contributed by atoms with E-state index in [0.717, 1.165) is 25.5 Å². The number of unbranched alkanes of at least 4 members (excludes halogenated alkanes) is 2. The number of urea groups is 1. The first kappa shape index (κ1) is 13.1. The van der Waals surface area contributed by atoms with E-state index in [1.807, 2.05) is 0 Å². The van der Waals surface area contributed by atoms with Gasteiger partial charge in [0.2, 0.25) is 0 Å². The second-order valence-electron chi connectivity index (χ2n) is 3.50. The van der Waals surface area contributed by atoms with Crippen molar-refractivity contribution in [2.24, 2.45) is 0 Å². The van der Waals surface area contributed by atoms with Crippen LogP contribution in [0.5, 0.6) is 0 Å². The second kappa shape index (κ2) is 6.62. The van der Waals surface area contributed by atoms with Crippen LogP contribution in [0.15, 0.2) is 11.0 Å². The third-order valence-corrected chi connectivity index (χ3v) is 2.07. The van der Waals surface area contributed by atoms with Crippen LogP contribution < -0.4 is 16.3 Å². The lowest BCUT2D eigenvalue weighted by Gasteiger charge is -2.07. The number of carbonyl (C=O) groups excluding carboxylic acids is 1. The molecule has 0 saturated carbocycles. The van der Waals surface area contributed by atoms with Crippen LogP contribution in [-0.2, 0) is 0 Å². The monoisotopic (exact) mass is 242 g/mol. The number of halogens is 1. The Morgan fingerprint density at radius 3 is 3.00 bits per heavy atom. The van der Waals surface area contributed by atoms with Crippen LogP contribution in [-0.4, -0.2) is 22.5 Å². The molecule has 0 aliphatic heterocycles. The first-order valence-corrected chi connectivity index (χ1v) is 5.43. The fourth-order valence-electron chi connectivity index (χ4n) is 1.20. The van der Waals surface area contributed by atoms with E-state index in [1.165, 1.54) is 0 Å². The summed E-state index contributed by atoms with van der Waals surface area (Å²) in [7, 11) is 0. The van der Waals surface area contributed by atoms with Gasteiger partial charge in [0.05, 0.1) is 6.20 Å². The van der Waals surface area contributed by atoms with E-state index in [-0.39, 0.29) is 5.82 Å². The molecule has 0 aliphatic carbocycles. The molecule has 3 N–H and O–H groups in total. The Labute approximate surface area is 97.6 Å². The number of nitrogens with zero attached hydrogens (tertiary/aromatic N) is 1. The van der Waals surface area contributed by atoms with Gasteiger partial charge in [-0.05, 0) is 6.42 Å². The summed E-state index contributed by atoms with van der Waals surface area (Å²) in [6.45, 7) is 2.56. The number of hydrogen-bond acceptors (Lipinski definition) is 3. The van der Waals surface area contributed by atoms with E-state index in [0.29, 0.717) is 6.54 Å². The van der Waals surface area contributed by atoms with E-state index >= 15 is 0 Å². The minimum Gasteiger partial charge on any atom is -0.338 e. The molecule has 94 valence electrons. The minimum atomic E-state index is -0.784. The Bertz CT molecular complexity index is 433. The van der Waals surface area contributed by atoms with Crippen molar-refractivity contribution in [3.8, 4) is 0 Å². The number of H-pyrrole nitrogens is 1. The molecule has 7 heteroatoms. The van der Waals surface area contributed by atoms with Crippen LogP contribution in [0.1, 0.15) is 26.2 Å². The fraction of sp³-hybridized carbons (Fsp3) is 0.500. The van der Waals surface area contributed by atoms with Crippen molar-refractivity contribution < 1.29 is 9.18 Å². The van der Waals surface area contributed by atoms with Crippen molar-refractivity contribution in [1.82, 2.24) is 15.3 Å². The second-order valence-corrected chi connectivity index (χ2v) is 3.50. The van der Waals surface area contributed by atoms with E-state index in [1.54, 1.807) is 0 Å². The molecule has 0 aromatic carbocycles. The molecule has 1 rings (SSSR count). The minimum absolute atomic E-state index is 0.280. The van der Waals surface area contributed by atoms with Gasteiger partial charge in [-0.1, -0.05) is 19.8 Å². The van der Waals surface area contributed by atoms with Gasteiger partial charge < -0.3 is 5.32 Å². The molecule has 0 unspecified atom stereocenters. The summed E-state index contributed by atoms with van der Waals surface area (Å²) in [6, 6.07) is -0.554. The van der Waals surface area contributed by atoms with Gasteiger partial charge in [0, 0.05) is 6.54 Å². The number of aromatic amines is 1. The van der Waals surface area contributed by atoms with Crippen LogP contribution in [0.4, 0.5) is 15.0 Å². The lowest BCUT2D eigenvalue weighted by molar-refractivity contribution is 0.251. The van der Waals surface area contributed by atoms with Gasteiger partial charge in [0.15, 0.2) is 11.6 Å². The van der Waals surface area contributed by atoms with Gasteiger partial charge in [-0.3, -0.25) is 10.3 Å². The Morgan fingerprint density at radius 2 is 2.29 bits per heavy atom. The third-order valence-electron chi connectivity index (χ3n) is 2.07. The SMILES string of the molecule is CCCCCNC(=O)Nc1[nH]c(=O)ncc1F. The number of aromatic nitrogens is 2. The van der Waals surface area contributed by atoms with E-state index in [9.17, 15) is 14.0 Å². The summed E-state index contributed by atoms with van der Waals surface area (Å²) in [5.74, 6) is -1.06. The number of carbonyl (C=O) groups is 1. The molecular weight excluding hydrogens is 227 g/mol. The largest absolute Gasteiger partial charge is 0.346 e. The highest BCUT2D eigenvalue weighted by molar-refractivity contribution is 5.88. The van der Waals surface area contributed by atoms with Crippen molar-refractivity contribution in [1.29, 1.82) is 0 Å². The smallest absolute Gasteiger partial charge is 0.338 e. The number of amides is 2. The van der Waals surface area contributed by atoms with Crippen molar-refractivity contribution in [2.75, 3.05) is 11.9 Å². The summed E-state index contributed by atoms with van der Waals surface area (Å²) in [6.07, 6.45) is 3.68. The van der Waals surface area contributed by atoms with Gasteiger partial charge in [-0.15, -0.1) is 0 Å². The number of anilines is 1. The quantitative estimate of drug-likeness (QED) is 0.678. The number of nitrogens with one attached hydrogen (secondary N) is 3. The maximum absolute atomic E-state index is 13.1. The number of rotatable bonds is 5. The van der Waals surface area contributed by atoms with Crippen molar-refractivity contribution in [3.05, 3.63) is 22.5 Å². The third kappa shape index (κ3) is 4.62. The molecule has 0 atom stereocenters. The summed E-state index contributed by atoms with van der Waals surface area (Å²) >= 11 is 0. The first-order valence-electron chi connectivity index (χ1n) is 5.43. The molecule has 6 nitrogen and oxygen atoms in total. The van der Waals surface area contributed by atoms with Crippen LogP contribution in [0, 0.1) is 5.82 Å². The topological polar surface area (TPSA) is 86.9 Å². The molecule has 0 fully saturated rings. The van der Waals surface area contributed by atoms with E-state index in [4.69, 9.17) is 0 Å². The lowest BCUT2D eigenvalue weighted by atomic mass is 10.2. The number of hydrogen-bond donors (Lipinski definition) is 3. The molecule has 0 radical (unpaired) electrons. The van der Waals surface area contributed by atoms with Crippen molar-refractivity contribution >= 4 is 11.8 Å². The molecular formula is C10H15FN4O2. The average molecular weight is 242 g/mol. The molecule has 1 aromatic rings. The van der Waals surface area contributed by atoms with E-state index < -0.39 is 17.5 Å². The first-order chi connectivity index (χ1) is 8.13. The highest BCUT2D eigenvalue weighted by Gasteiger charge is 2.07. The highest BCUT2D eigenvalue weighted by atomic mass is 19.1. The summed E-state index contributed by atoms with van der Waals surface area (Å²) in [4.78, 5) is 27.4. The summed E-state index contributed by atoms with van der Waals surface area (Å²) < 4.78 is 13.1.